The molecule has 0 heterocycles. The van der Waals surface area contributed by atoms with E-state index in [0.717, 1.165) is 12.0 Å². The van der Waals surface area contributed by atoms with Gasteiger partial charge in [0.15, 0.2) is 0 Å². The molecule has 98 valence electrons. The summed E-state index contributed by atoms with van der Waals surface area (Å²) in [5.74, 6) is 0.239. The standard InChI is InChI=1S/C15H16N2O2/c16-11-14(13-4-2-1-3-5-13)10-12-6-8-15(9-7-12)17(18)19/h1-9,14H,10-11,16H2. The molecule has 2 aromatic rings. The van der Waals surface area contributed by atoms with E-state index in [0.29, 0.717) is 6.54 Å². The molecule has 0 saturated carbocycles. The first-order valence-corrected chi connectivity index (χ1v) is 6.19. The summed E-state index contributed by atoms with van der Waals surface area (Å²) in [6, 6.07) is 16.7. The molecule has 0 aliphatic rings. The Labute approximate surface area is 112 Å². The molecule has 0 amide bonds. The van der Waals surface area contributed by atoms with Gasteiger partial charge in [0, 0.05) is 18.1 Å². The minimum absolute atomic E-state index is 0.118. The van der Waals surface area contributed by atoms with Crippen molar-refractivity contribution in [2.75, 3.05) is 6.54 Å². The van der Waals surface area contributed by atoms with Crippen LogP contribution in [0.5, 0.6) is 0 Å². The summed E-state index contributed by atoms with van der Waals surface area (Å²) in [5, 5.41) is 10.6. The third-order valence-corrected chi connectivity index (χ3v) is 3.18. The average Bonchev–Trinajstić information content (AvgIpc) is 2.46. The van der Waals surface area contributed by atoms with Gasteiger partial charge in [0.2, 0.25) is 0 Å². The van der Waals surface area contributed by atoms with Crippen LogP contribution in [0.15, 0.2) is 54.6 Å². The summed E-state index contributed by atoms with van der Waals surface area (Å²) in [5.41, 5.74) is 8.20. The third-order valence-electron chi connectivity index (χ3n) is 3.18. The molecule has 0 bridgehead atoms. The van der Waals surface area contributed by atoms with E-state index in [2.05, 4.69) is 12.1 Å². The van der Waals surface area contributed by atoms with Crippen molar-refractivity contribution in [3.8, 4) is 0 Å². The molecule has 0 radical (unpaired) electrons. The van der Waals surface area contributed by atoms with Gasteiger partial charge in [-0.1, -0.05) is 42.5 Å². The van der Waals surface area contributed by atoms with Crippen molar-refractivity contribution in [1.29, 1.82) is 0 Å². The number of hydrogen-bond donors (Lipinski definition) is 1. The summed E-state index contributed by atoms with van der Waals surface area (Å²) in [6.07, 6.45) is 0.790. The van der Waals surface area contributed by atoms with Crippen LogP contribution in [0.4, 0.5) is 5.69 Å². The second-order valence-corrected chi connectivity index (χ2v) is 4.47. The number of benzene rings is 2. The number of nitro groups is 1. The Morgan fingerprint density at radius 1 is 1.05 bits per heavy atom. The number of nitro benzene ring substituents is 1. The zero-order valence-electron chi connectivity index (χ0n) is 10.5. The fourth-order valence-corrected chi connectivity index (χ4v) is 2.10. The van der Waals surface area contributed by atoms with E-state index in [1.54, 1.807) is 12.1 Å². The zero-order chi connectivity index (χ0) is 13.7. The molecule has 0 fully saturated rings. The van der Waals surface area contributed by atoms with Gasteiger partial charge >= 0.3 is 0 Å². The highest BCUT2D eigenvalue weighted by molar-refractivity contribution is 5.34. The topological polar surface area (TPSA) is 69.2 Å². The van der Waals surface area contributed by atoms with Crippen molar-refractivity contribution in [1.82, 2.24) is 0 Å². The lowest BCUT2D eigenvalue weighted by Gasteiger charge is -2.15. The minimum atomic E-state index is -0.388. The first-order chi connectivity index (χ1) is 9.20. The zero-order valence-corrected chi connectivity index (χ0v) is 10.5. The first-order valence-electron chi connectivity index (χ1n) is 6.19. The van der Waals surface area contributed by atoms with Gasteiger partial charge in [0.05, 0.1) is 4.92 Å². The molecule has 2 rings (SSSR count). The second kappa shape index (κ2) is 6.11. The normalized spacial score (nSPS) is 12.1. The number of nitrogens with two attached hydrogens (primary N) is 1. The summed E-state index contributed by atoms with van der Waals surface area (Å²) in [7, 11) is 0. The Bertz CT molecular complexity index is 538. The lowest BCUT2D eigenvalue weighted by atomic mass is 9.92. The van der Waals surface area contributed by atoms with Gasteiger partial charge < -0.3 is 5.73 Å². The largest absolute Gasteiger partial charge is 0.330 e. The fraction of sp³-hybridized carbons (Fsp3) is 0.200. The third kappa shape index (κ3) is 3.39. The van der Waals surface area contributed by atoms with Crippen LogP contribution in [-0.4, -0.2) is 11.5 Å². The lowest BCUT2D eigenvalue weighted by Crippen LogP contribution is -2.14. The average molecular weight is 256 g/mol. The van der Waals surface area contributed by atoms with E-state index in [-0.39, 0.29) is 16.5 Å². The molecular formula is C15H16N2O2. The van der Waals surface area contributed by atoms with Crippen LogP contribution in [0.25, 0.3) is 0 Å². The van der Waals surface area contributed by atoms with Crippen LogP contribution in [0.1, 0.15) is 17.0 Å². The van der Waals surface area contributed by atoms with Crippen molar-refractivity contribution in [3.63, 3.8) is 0 Å². The van der Waals surface area contributed by atoms with E-state index in [1.165, 1.54) is 17.7 Å². The quantitative estimate of drug-likeness (QED) is 0.660. The Hall–Kier alpha value is -2.20. The molecule has 0 aliphatic heterocycles. The molecule has 1 atom stereocenters. The van der Waals surface area contributed by atoms with Crippen LogP contribution in [0.3, 0.4) is 0 Å². The molecule has 2 N–H and O–H groups in total. The maximum absolute atomic E-state index is 10.6. The molecule has 0 saturated heterocycles. The molecule has 1 unspecified atom stereocenters. The first kappa shape index (κ1) is 13.2. The Balaban J connectivity index is 2.12. The van der Waals surface area contributed by atoms with Crippen LogP contribution < -0.4 is 5.73 Å². The molecule has 4 nitrogen and oxygen atoms in total. The summed E-state index contributed by atoms with van der Waals surface area (Å²) >= 11 is 0. The predicted octanol–water partition coefficient (Wildman–Crippen LogP) is 2.88. The van der Waals surface area contributed by atoms with Gasteiger partial charge in [-0.25, -0.2) is 0 Å². The highest BCUT2D eigenvalue weighted by Gasteiger charge is 2.11. The maximum atomic E-state index is 10.6. The highest BCUT2D eigenvalue weighted by Crippen LogP contribution is 2.21. The molecule has 4 heteroatoms. The SMILES string of the molecule is NCC(Cc1ccc([N+](=O)[O-])cc1)c1ccccc1. The molecule has 0 aromatic heterocycles. The van der Waals surface area contributed by atoms with Crippen molar-refractivity contribution < 1.29 is 4.92 Å². The molecule has 19 heavy (non-hydrogen) atoms. The molecular weight excluding hydrogens is 240 g/mol. The minimum Gasteiger partial charge on any atom is -0.330 e. The van der Waals surface area contributed by atoms with Gasteiger partial charge in [0.25, 0.3) is 5.69 Å². The Morgan fingerprint density at radius 2 is 1.68 bits per heavy atom. The van der Waals surface area contributed by atoms with Gasteiger partial charge in [0.1, 0.15) is 0 Å². The number of nitrogens with zero attached hydrogens (tertiary/aromatic N) is 1. The van der Waals surface area contributed by atoms with Crippen LogP contribution >= 0.6 is 0 Å². The van der Waals surface area contributed by atoms with Crippen LogP contribution in [0.2, 0.25) is 0 Å². The van der Waals surface area contributed by atoms with Crippen molar-refractivity contribution in [2.24, 2.45) is 5.73 Å². The fourth-order valence-electron chi connectivity index (χ4n) is 2.10. The summed E-state index contributed by atoms with van der Waals surface area (Å²) in [6.45, 7) is 0.557. The van der Waals surface area contributed by atoms with Gasteiger partial charge in [-0.15, -0.1) is 0 Å². The number of non-ortho nitro benzene ring substituents is 1. The summed E-state index contributed by atoms with van der Waals surface area (Å²) < 4.78 is 0. The second-order valence-electron chi connectivity index (χ2n) is 4.47. The van der Waals surface area contributed by atoms with Crippen molar-refractivity contribution in [3.05, 3.63) is 75.8 Å². The van der Waals surface area contributed by atoms with Crippen LogP contribution in [-0.2, 0) is 6.42 Å². The lowest BCUT2D eigenvalue weighted by molar-refractivity contribution is -0.384. The number of rotatable bonds is 5. The van der Waals surface area contributed by atoms with Gasteiger partial charge in [-0.3, -0.25) is 10.1 Å². The summed E-state index contributed by atoms with van der Waals surface area (Å²) in [4.78, 5) is 10.2. The van der Waals surface area contributed by atoms with E-state index in [4.69, 9.17) is 5.73 Å². The van der Waals surface area contributed by atoms with Crippen LogP contribution in [0, 0.1) is 10.1 Å². The maximum Gasteiger partial charge on any atom is 0.269 e. The Morgan fingerprint density at radius 3 is 2.21 bits per heavy atom. The molecule has 2 aromatic carbocycles. The smallest absolute Gasteiger partial charge is 0.269 e. The van der Waals surface area contributed by atoms with Gasteiger partial charge in [-0.2, -0.15) is 0 Å². The monoisotopic (exact) mass is 256 g/mol. The van der Waals surface area contributed by atoms with Crippen molar-refractivity contribution in [2.45, 2.75) is 12.3 Å². The van der Waals surface area contributed by atoms with E-state index >= 15 is 0 Å². The van der Waals surface area contributed by atoms with E-state index in [9.17, 15) is 10.1 Å². The van der Waals surface area contributed by atoms with E-state index in [1.807, 2.05) is 18.2 Å². The molecule has 0 aliphatic carbocycles. The van der Waals surface area contributed by atoms with Crippen molar-refractivity contribution >= 4 is 5.69 Å². The van der Waals surface area contributed by atoms with E-state index < -0.39 is 0 Å². The van der Waals surface area contributed by atoms with Gasteiger partial charge in [-0.05, 0) is 24.1 Å². The molecule has 0 spiro atoms. The Kier molecular flexibility index (Phi) is 4.26. The highest BCUT2D eigenvalue weighted by atomic mass is 16.6. The number of hydrogen-bond acceptors (Lipinski definition) is 3. The predicted molar refractivity (Wildman–Crippen MR) is 75.0 cm³/mol.